The lowest BCUT2D eigenvalue weighted by Crippen LogP contribution is -2.18. The van der Waals surface area contributed by atoms with E-state index in [0.29, 0.717) is 12.0 Å². The predicted octanol–water partition coefficient (Wildman–Crippen LogP) is 4.49. The van der Waals surface area contributed by atoms with E-state index in [1.165, 1.54) is 37.7 Å². The molecule has 2 atom stereocenters. The van der Waals surface area contributed by atoms with Gasteiger partial charge in [0.15, 0.2) is 0 Å². The summed E-state index contributed by atoms with van der Waals surface area (Å²) in [4.78, 5) is 0. The lowest BCUT2D eigenvalue weighted by Gasteiger charge is -2.22. The summed E-state index contributed by atoms with van der Waals surface area (Å²) in [6, 6.07) is 0. The second-order valence-electron chi connectivity index (χ2n) is 5.06. The van der Waals surface area contributed by atoms with Crippen LogP contribution in [-0.2, 0) is 4.74 Å². The molecule has 0 radical (unpaired) electrons. The Morgan fingerprint density at radius 3 is 2.94 bits per heavy atom. The van der Waals surface area contributed by atoms with E-state index in [0.717, 1.165) is 13.0 Å². The average Bonchev–Trinajstić information content (AvgIpc) is 2.27. The number of allylic oxidation sites excluding steroid dienone is 1. The highest BCUT2D eigenvalue weighted by molar-refractivity contribution is 4.96. The van der Waals surface area contributed by atoms with Crippen LogP contribution >= 0.6 is 0 Å². The minimum absolute atomic E-state index is 0.443. The van der Waals surface area contributed by atoms with Crippen molar-refractivity contribution in [3.8, 4) is 0 Å². The Morgan fingerprint density at radius 1 is 1.50 bits per heavy atom. The lowest BCUT2D eigenvalue weighted by atomic mass is 9.92. The first-order chi connectivity index (χ1) is 7.72. The molecule has 92 valence electrons. The zero-order valence-corrected chi connectivity index (χ0v) is 10.9. The van der Waals surface area contributed by atoms with Gasteiger partial charge in [-0.3, -0.25) is 0 Å². The van der Waals surface area contributed by atoms with Crippen molar-refractivity contribution in [1.82, 2.24) is 0 Å². The highest BCUT2D eigenvalue weighted by atomic mass is 16.5. The van der Waals surface area contributed by atoms with Gasteiger partial charge in [0.25, 0.3) is 0 Å². The SMILES string of the molecule is C=C(CCCC)C[C@H](C)CC1CC=CCO1. The van der Waals surface area contributed by atoms with Gasteiger partial charge >= 0.3 is 0 Å². The van der Waals surface area contributed by atoms with Gasteiger partial charge < -0.3 is 4.74 Å². The summed E-state index contributed by atoms with van der Waals surface area (Å²) in [5.74, 6) is 0.709. The third-order valence-corrected chi connectivity index (χ3v) is 3.18. The van der Waals surface area contributed by atoms with Crippen molar-refractivity contribution in [2.45, 2.75) is 58.5 Å². The molecular weight excluding hydrogens is 196 g/mol. The number of hydrogen-bond acceptors (Lipinski definition) is 1. The molecule has 1 rings (SSSR count). The van der Waals surface area contributed by atoms with Crippen LogP contribution in [0.15, 0.2) is 24.3 Å². The lowest BCUT2D eigenvalue weighted by molar-refractivity contribution is 0.0509. The summed E-state index contributed by atoms with van der Waals surface area (Å²) in [6.07, 6.45) is 12.0. The molecule has 1 heterocycles. The van der Waals surface area contributed by atoms with Crippen LogP contribution in [0.1, 0.15) is 52.4 Å². The van der Waals surface area contributed by atoms with E-state index in [1.54, 1.807) is 0 Å². The molecule has 0 bridgehead atoms. The summed E-state index contributed by atoms with van der Waals surface area (Å²) in [5, 5.41) is 0. The van der Waals surface area contributed by atoms with Gasteiger partial charge in [0.2, 0.25) is 0 Å². The highest BCUT2D eigenvalue weighted by Gasteiger charge is 2.14. The molecule has 1 nitrogen and oxygen atoms in total. The molecule has 0 aromatic rings. The fourth-order valence-corrected chi connectivity index (χ4v) is 2.29. The Hall–Kier alpha value is -0.560. The van der Waals surface area contributed by atoms with Crippen LogP contribution in [0.2, 0.25) is 0 Å². The van der Waals surface area contributed by atoms with Crippen molar-refractivity contribution in [2.24, 2.45) is 5.92 Å². The fourth-order valence-electron chi connectivity index (χ4n) is 2.29. The fraction of sp³-hybridized carbons (Fsp3) is 0.733. The molecule has 0 amide bonds. The maximum Gasteiger partial charge on any atom is 0.0651 e. The second-order valence-corrected chi connectivity index (χ2v) is 5.06. The van der Waals surface area contributed by atoms with Gasteiger partial charge in [-0.05, 0) is 38.0 Å². The average molecular weight is 222 g/mol. The topological polar surface area (TPSA) is 9.23 Å². The zero-order chi connectivity index (χ0) is 11.8. The molecule has 1 aliphatic rings. The van der Waals surface area contributed by atoms with Crippen LogP contribution in [0.4, 0.5) is 0 Å². The van der Waals surface area contributed by atoms with Gasteiger partial charge in [-0.15, -0.1) is 0 Å². The molecule has 0 spiro atoms. The largest absolute Gasteiger partial charge is 0.374 e. The van der Waals surface area contributed by atoms with E-state index in [1.807, 2.05) is 0 Å². The molecule has 0 saturated heterocycles. The summed E-state index contributed by atoms with van der Waals surface area (Å²) < 4.78 is 5.69. The van der Waals surface area contributed by atoms with E-state index in [-0.39, 0.29) is 0 Å². The summed E-state index contributed by atoms with van der Waals surface area (Å²) in [7, 11) is 0. The Bertz CT molecular complexity index is 230. The van der Waals surface area contributed by atoms with E-state index < -0.39 is 0 Å². The van der Waals surface area contributed by atoms with Crippen LogP contribution in [-0.4, -0.2) is 12.7 Å². The molecule has 0 aromatic heterocycles. The second kappa shape index (κ2) is 7.67. The first-order valence-corrected chi connectivity index (χ1v) is 6.65. The molecule has 0 aromatic carbocycles. The Balaban J connectivity index is 2.16. The van der Waals surface area contributed by atoms with Gasteiger partial charge in [-0.25, -0.2) is 0 Å². The number of unbranched alkanes of at least 4 members (excludes halogenated alkanes) is 1. The van der Waals surface area contributed by atoms with Crippen LogP contribution in [0.25, 0.3) is 0 Å². The van der Waals surface area contributed by atoms with Crippen molar-refractivity contribution < 1.29 is 4.74 Å². The summed E-state index contributed by atoms with van der Waals surface area (Å²) in [6.45, 7) is 9.52. The summed E-state index contributed by atoms with van der Waals surface area (Å²) >= 11 is 0. The minimum Gasteiger partial charge on any atom is -0.374 e. The third kappa shape index (κ3) is 5.50. The molecule has 1 heteroatoms. The smallest absolute Gasteiger partial charge is 0.0651 e. The van der Waals surface area contributed by atoms with Crippen LogP contribution < -0.4 is 0 Å². The maximum atomic E-state index is 5.69. The van der Waals surface area contributed by atoms with Crippen molar-refractivity contribution in [1.29, 1.82) is 0 Å². The third-order valence-electron chi connectivity index (χ3n) is 3.18. The standard InChI is InChI=1S/C15H26O/c1-4-5-8-13(2)11-14(3)12-15-9-6-7-10-16-15/h6-7,14-15H,2,4-5,8-12H2,1,3H3/t14-,15?/m0/s1. The van der Waals surface area contributed by atoms with Gasteiger partial charge in [-0.1, -0.05) is 44.6 Å². The number of hydrogen-bond donors (Lipinski definition) is 0. The summed E-state index contributed by atoms with van der Waals surface area (Å²) in [5.41, 5.74) is 1.42. The Kier molecular flexibility index (Phi) is 6.47. The van der Waals surface area contributed by atoms with E-state index in [4.69, 9.17) is 4.74 Å². The molecule has 1 aliphatic heterocycles. The first kappa shape index (κ1) is 13.5. The quantitative estimate of drug-likeness (QED) is 0.576. The zero-order valence-electron chi connectivity index (χ0n) is 10.9. The van der Waals surface area contributed by atoms with Crippen LogP contribution in [0, 0.1) is 5.92 Å². The van der Waals surface area contributed by atoms with Crippen molar-refractivity contribution in [2.75, 3.05) is 6.61 Å². The number of rotatable bonds is 7. The van der Waals surface area contributed by atoms with Crippen LogP contribution in [0.5, 0.6) is 0 Å². The van der Waals surface area contributed by atoms with Gasteiger partial charge in [0.1, 0.15) is 0 Å². The van der Waals surface area contributed by atoms with Crippen molar-refractivity contribution in [3.63, 3.8) is 0 Å². The highest BCUT2D eigenvalue weighted by Crippen LogP contribution is 2.22. The van der Waals surface area contributed by atoms with Gasteiger partial charge in [0, 0.05) is 0 Å². The molecular formula is C15H26O. The molecule has 0 fully saturated rings. The van der Waals surface area contributed by atoms with Gasteiger partial charge in [0.05, 0.1) is 12.7 Å². The molecule has 1 unspecified atom stereocenters. The molecule has 0 saturated carbocycles. The Labute approximate surface area is 101 Å². The molecule has 0 N–H and O–H groups in total. The van der Waals surface area contributed by atoms with Gasteiger partial charge in [-0.2, -0.15) is 0 Å². The minimum atomic E-state index is 0.443. The first-order valence-electron chi connectivity index (χ1n) is 6.65. The monoisotopic (exact) mass is 222 g/mol. The molecule has 0 aliphatic carbocycles. The number of ether oxygens (including phenoxy) is 1. The predicted molar refractivity (Wildman–Crippen MR) is 70.6 cm³/mol. The normalized spacial score (nSPS) is 22.0. The van der Waals surface area contributed by atoms with Crippen LogP contribution in [0.3, 0.4) is 0 Å². The van der Waals surface area contributed by atoms with Crippen molar-refractivity contribution >= 4 is 0 Å². The molecule has 16 heavy (non-hydrogen) atoms. The van der Waals surface area contributed by atoms with E-state index >= 15 is 0 Å². The van der Waals surface area contributed by atoms with E-state index in [9.17, 15) is 0 Å². The van der Waals surface area contributed by atoms with Crippen molar-refractivity contribution in [3.05, 3.63) is 24.3 Å². The maximum absolute atomic E-state index is 5.69. The Morgan fingerprint density at radius 2 is 2.31 bits per heavy atom. The van der Waals surface area contributed by atoms with E-state index in [2.05, 4.69) is 32.6 Å².